The third kappa shape index (κ3) is 7.46. The molecule has 10 heteroatoms. The van der Waals surface area contributed by atoms with Crippen molar-refractivity contribution >= 4 is 57.5 Å². The second kappa shape index (κ2) is 14.6. The number of aromatic carboxylic acids is 1. The fourth-order valence-corrected chi connectivity index (χ4v) is 7.83. The first-order valence-corrected chi connectivity index (χ1v) is 16.6. The van der Waals surface area contributed by atoms with Gasteiger partial charge in [0.05, 0.1) is 28.5 Å². The summed E-state index contributed by atoms with van der Waals surface area (Å²) < 4.78 is 5.41. The van der Waals surface area contributed by atoms with Gasteiger partial charge in [0.15, 0.2) is 0 Å². The number of hydrogen-bond acceptors (Lipinski definition) is 7. The summed E-state index contributed by atoms with van der Waals surface area (Å²) in [6.07, 6.45) is 2.97. The van der Waals surface area contributed by atoms with E-state index in [4.69, 9.17) is 4.74 Å². The summed E-state index contributed by atoms with van der Waals surface area (Å²) in [6, 6.07) is 23.4. The second-order valence-electron chi connectivity index (χ2n) is 10.6. The van der Waals surface area contributed by atoms with E-state index in [0.29, 0.717) is 28.6 Å². The summed E-state index contributed by atoms with van der Waals surface area (Å²) in [4.78, 5) is 53.0. The molecule has 2 atom stereocenters. The van der Waals surface area contributed by atoms with Crippen LogP contribution in [-0.2, 0) is 22.4 Å². The van der Waals surface area contributed by atoms with Crippen molar-refractivity contribution in [1.82, 2.24) is 0 Å². The van der Waals surface area contributed by atoms with Gasteiger partial charge in [0.25, 0.3) is 5.91 Å². The van der Waals surface area contributed by atoms with Gasteiger partial charge in [0.1, 0.15) is 5.00 Å². The summed E-state index contributed by atoms with van der Waals surface area (Å²) in [6.45, 7) is 3.93. The van der Waals surface area contributed by atoms with E-state index in [2.05, 4.69) is 22.8 Å². The van der Waals surface area contributed by atoms with Gasteiger partial charge in [-0.25, -0.2) is 9.59 Å². The number of nitrogens with one attached hydrogen (secondary N) is 2. The third-order valence-corrected chi connectivity index (χ3v) is 10.2. The molecule has 5 rings (SSSR count). The molecule has 0 saturated heterocycles. The minimum atomic E-state index is -1.18. The lowest BCUT2D eigenvalue weighted by Crippen LogP contribution is -2.25. The van der Waals surface area contributed by atoms with Gasteiger partial charge in [-0.05, 0) is 80.0 Å². The minimum Gasteiger partial charge on any atom is -0.478 e. The van der Waals surface area contributed by atoms with Crippen LogP contribution in [0.15, 0.2) is 83.8 Å². The first kappa shape index (κ1) is 32.0. The van der Waals surface area contributed by atoms with Crippen LogP contribution in [0.2, 0.25) is 0 Å². The Morgan fingerprint density at radius 1 is 0.956 bits per heavy atom. The zero-order valence-electron chi connectivity index (χ0n) is 25.0. The van der Waals surface area contributed by atoms with Crippen LogP contribution < -0.4 is 10.6 Å². The van der Waals surface area contributed by atoms with Gasteiger partial charge in [-0.2, -0.15) is 0 Å². The van der Waals surface area contributed by atoms with Crippen molar-refractivity contribution in [3.63, 3.8) is 0 Å². The predicted octanol–water partition coefficient (Wildman–Crippen LogP) is 7.66. The Morgan fingerprint density at radius 2 is 1.69 bits per heavy atom. The van der Waals surface area contributed by atoms with Crippen LogP contribution in [0.25, 0.3) is 0 Å². The van der Waals surface area contributed by atoms with Crippen LogP contribution >= 0.6 is 23.1 Å². The number of thioether (sulfide) groups is 1. The highest BCUT2D eigenvalue weighted by molar-refractivity contribution is 8.00. The van der Waals surface area contributed by atoms with Crippen molar-refractivity contribution in [2.75, 3.05) is 17.2 Å². The Bertz CT molecular complexity index is 1720. The standard InChI is InChI=1S/C35H34N2O6S2/c1-3-28(44-24-14-10-13-23(20-24)36-31(38)25-15-8-9-16-26(25)34(40)41)32(39)37-33-30(35(42)43-4-2)27-18-17-22(19-29(27)45-33)21-11-6-5-7-12-21/h5-16,20,22,28H,3-4,17-19H2,1-2H3,(H,36,38)(H,37,39)(H,40,41). The fourth-order valence-electron chi connectivity index (χ4n) is 5.50. The maximum Gasteiger partial charge on any atom is 0.341 e. The predicted molar refractivity (Wildman–Crippen MR) is 178 cm³/mol. The van der Waals surface area contributed by atoms with E-state index >= 15 is 0 Å². The number of esters is 1. The van der Waals surface area contributed by atoms with E-state index in [9.17, 15) is 24.3 Å². The van der Waals surface area contributed by atoms with Gasteiger partial charge < -0.3 is 20.5 Å². The fraction of sp³-hybridized carbons (Fsp3) is 0.257. The maximum absolute atomic E-state index is 13.6. The molecule has 3 aromatic carbocycles. The lowest BCUT2D eigenvalue weighted by atomic mass is 9.83. The molecule has 8 nitrogen and oxygen atoms in total. The van der Waals surface area contributed by atoms with Gasteiger partial charge in [0, 0.05) is 15.5 Å². The van der Waals surface area contributed by atoms with Crippen LogP contribution in [0.3, 0.4) is 0 Å². The number of hydrogen-bond donors (Lipinski definition) is 3. The van der Waals surface area contributed by atoms with E-state index in [1.54, 1.807) is 37.3 Å². The monoisotopic (exact) mass is 642 g/mol. The number of benzene rings is 3. The summed E-state index contributed by atoms with van der Waals surface area (Å²) in [5.74, 6) is -2.02. The Balaban J connectivity index is 1.32. The summed E-state index contributed by atoms with van der Waals surface area (Å²) >= 11 is 2.81. The Morgan fingerprint density at radius 3 is 2.40 bits per heavy atom. The molecule has 0 aliphatic heterocycles. The zero-order valence-corrected chi connectivity index (χ0v) is 26.6. The Hall–Kier alpha value is -4.41. The molecular formula is C35H34N2O6S2. The minimum absolute atomic E-state index is 0.0556. The molecule has 2 amide bonds. The number of thiophene rings is 1. The Kier molecular flexibility index (Phi) is 10.4. The molecule has 45 heavy (non-hydrogen) atoms. The first-order chi connectivity index (χ1) is 21.8. The van der Waals surface area contributed by atoms with Crippen LogP contribution in [0.1, 0.15) is 79.7 Å². The van der Waals surface area contributed by atoms with Crippen LogP contribution in [0.5, 0.6) is 0 Å². The average molecular weight is 643 g/mol. The van der Waals surface area contributed by atoms with Crippen molar-refractivity contribution in [1.29, 1.82) is 0 Å². The third-order valence-electron chi connectivity index (χ3n) is 7.69. The van der Waals surface area contributed by atoms with Crippen molar-refractivity contribution in [3.05, 3.63) is 112 Å². The quantitative estimate of drug-likeness (QED) is 0.113. The molecule has 0 spiro atoms. The lowest BCUT2D eigenvalue weighted by molar-refractivity contribution is -0.115. The number of amides is 2. The van der Waals surface area contributed by atoms with Gasteiger partial charge in [-0.15, -0.1) is 23.1 Å². The van der Waals surface area contributed by atoms with E-state index in [1.165, 1.54) is 40.8 Å². The van der Waals surface area contributed by atoms with Gasteiger partial charge in [-0.3, -0.25) is 9.59 Å². The molecule has 232 valence electrons. The van der Waals surface area contributed by atoms with Crippen LogP contribution in [0.4, 0.5) is 10.7 Å². The molecule has 1 heterocycles. The second-order valence-corrected chi connectivity index (χ2v) is 13.0. The SMILES string of the molecule is CCOC(=O)c1c(NC(=O)C(CC)Sc2cccc(NC(=O)c3ccccc3C(=O)O)c2)sc2c1CCC(c1ccccc1)C2. The van der Waals surface area contributed by atoms with E-state index in [1.807, 2.05) is 31.2 Å². The molecule has 0 radical (unpaired) electrons. The highest BCUT2D eigenvalue weighted by Gasteiger charge is 2.32. The zero-order chi connectivity index (χ0) is 31.9. The van der Waals surface area contributed by atoms with Gasteiger partial charge >= 0.3 is 11.9 Å². The van der Waals surface area contributed by atoms with Crippen LogP contribution in [-0.4, -0.2) is 40.7 Å². The smallest absolute Gasteiger partial charge is 0.341 e. The molecular weight excluding hydrogens is 609 g/mol. The number of ether oxygens (including phenoxy) is 1. The summed E-state index contributed by atoms with van der Waals surface area (Å²) in [5, 5.41) is 15.3. The number of fused-ring (bicyclic) bond motifs is 1. The van der Waals surface area contributed by atoms with Crippen molar-refractivity contribution in [2.45, 2.75) is 55.6 Å². The molecule has 0 saturated carbocycles. The molecule has 0 bridgehead atoms. The van der Waals surface area contributed by atoms with Crippen molar-refractivity contribution < 1.29 is 29.0 Å². The van der Waals surface area contributed by atoms with E-state index < -0.39 is 23.1 Å². The van der Waals surface area contributed by atoms with Gasteiger partial charge in [0.2, 0.25) is 5.91 Å². The highest BCUT2D eigenvalue weighted by atomic mass is 32.2. The van der Waals surface area contributed by atoms with Crippen molar-refractivity contribution in [2.24, 2.45) is 0 Å². The largest absolute Gasteiger partial charge is 0.478 e. The molecule has 4 aromatic rings. The molecule has 1 aliphatic carbocycles. The average Bonchev–Trinajstić information content (AvgIpc) is 3.41. The molecule has 1 aromatic heterocycles. The highest BCUT2D eigenvalue weighted by Crippen LogP contribution is 2.43. The number of carbonyl (C=O) groups is 4. The summed E-state index contributed by atoms with van der Waals surface area (Å²) in [5.41, 5.74) is 3.14. The summed E-state index contributed by atoms with van der Waals surface area (Å²) in [7, 11) is 0. The van der Waals surface area contributed by atoms with Gasteiger partial charge in [-0.1, -0.05) is 55.5 Å². The Labute approximate surface area is 270 Å². The molecule has 3 N–H and O–H groups in total. The van der Waals surface area contributed by atoms with E-state index in [-0.39, 0.29) is 23.6 Å². The maximum atomic E-state index is 13.6. The number of carboxylic acid groups (broad SMARTS) is 1. The number of anilines is 2. The topological polar surface area (TPSA) is 122 Å². The number of rotatable bonds is 11. The molecule has 0 fully saturated rings. The number of carbonyl (C=O) groups excluding carboxylic acids is 3. The molecule has 1 aliphatic rings. The normalized spacial score (nSPS) is 14.6. The van der Waals surface area contributed by atoms with E-state index in [0.717, 1.165) is 34.6 Å². The van der Waals surface area contributed by atoms with Crippen molar-refractivity contribution in [3.8, 4) is 0 Å². The lowest BCUT2D eigenvalue weighted by Gasteiger charge is -2.23. The molecule has 2 unspecified atom stereocenters. The first-order valence-electron chi connectivity index (χ1n) is 14.9. The van der Waals surface area contributed by atoms with Crippen LogP contribution in [0, 0.1) is 0 Å². The number of carboxylic acids is 1.